The van der Waals surface area contributed by atoms with Crippen LogP contribution in [0.15, 0.2) is 71.8 Å². The lowest BCUT2D eigenvalue weighted by molar-refractivity contribution is 0.386. The molecule has 0 aliphatic heterocycles. The average molecular weight is 338 g/mol. The summed E-state index contributed by atoms with van der Waals surface area (Å²) in [5.41, 5.74) is 9.32. The molecular weight excluding hydrogens is 320 g/mol. The minimum Gasteiger partial charge on any atom is -0.480 e. The summed E-state index contributed by atoms with van der Waals surface area (Å²) in [4.78, 5) is 4.89. The zero-order valence-electron chi connectivity index (χ0n) is 13.3. The first-order valence-corrected chi connectivity index (χ1v) is 8.81. The smallest absolute Gasteiger partial charge is 0.229 e. The summed E-state index contributed by atoms with van der Waals surface area (Å²) in [6.07, 6.45) is 1.71. The van der Waals surface area contributed by atoms with E-state index in [4.69, 9.17) is 10.5 Å². The van der Waals surface area contributed by atoms with Crippen molar-refractivity contribution in [3.63, 3.8) is 0 Å². The van der Waals surface area contributed by atoms with Gasteiger partial charge in [0, 0.05) is 17.4 Å². The van der Waals surface area contributed by atoms with E-state index in [0.29, 0.717) is 22.2 Å². The number of rotatable bonds is 5. The van der Waals surface area contributed by atoms with Crippen molar-refractivity contribution >= 4 is 16.5 Å². The number of hydrogen-bond donors (Lipinski definition) is 1. The summed E-state index contributed by atoms with van der Waals surface area (Å²) in [6, 6.07) is 19.1. The first-order valence-electron chi connectivity index (χ1n) is 7.49. The second kappa shape index (κ2) is 7.27. The van der Waals surface area contributed by atoms with E-state index in [9.17, 15) is 4.21 Å². The van der Waals surface area contributed by atoms with Gasteiger partial charge in [-0.2, -0.15) is 0 Å². The van der Waals surface area contributed by atoms with Gasteiger partial charge in [0.05, 0.1) is 23.7 Å². The first kappa shape index (κ1) is 16.2. The van der Waals surface area contributed by atoms with Crippen LogP contribution in [-0.2, 0) is 16.6 Å². The largest absolute Gasteiger partial charge is 0.480 e. The summed E-state index contributed by atoms with van der Waals surface area (Å²) in [7, 11) is 0.279. The Morgan fingerprint density at radius 3 is 2.54 bits per heavy atom. The third kappa shape index (κ3) is 3.63. The molecule has 0 fully saturated rings. The summed E-state index contributed by atoms with van der Waals surface area (Å²) in [5, 5.41) is 0. The summed E-state index contributed by atoms with van der Waals surface area (Å²) >= 11 is 0. The van der Waals surface area contributed by atoms with Crippen LogP contribution in [0.5, 0.6) is 5.88 Å². The molecule has 0 aliphatic carbocycles. The molecule has 0 bridgehead atoms. The van der Waals surface area contributed by atoms with E-state index in [0.717, 1.165) is 16.7 Å². The molecule has 0 amide bonds. The van der Waals surface area contributed by atoms with Crippen LogP contribution in [0.1, 0.15) is 5.56 Å². The summed E-state index contributed by atoms with van der Waals surface area (Å²) in [6.45, 7) is 0. The number of anilines is 1. The number of nitrogen functional groups attached to an aromatic ring is 1. The predicted molar refractivity (Wildman–Crippen MR) is 97.2 cm³/mol. The number of benzene rings is 2. The van der Waals surface area contributed by atoms with Crippen LogP contribution in [0.2, 0.25) is 0 Å². The molecule has 0 aliphatic rings. The minimum atomic E-state index is -1.25. The molecule has 0 radical (unpaired) electrons. The van der Waals surface area contributed by atoms with Crippen LogP contribution in [-0.4, -0.2) is 16.3 Å². The second-order valence-electron chi connectivity index (χ2n) is 5.33. The molecule has 1 heterocycles. The highest BCUT2D eigenvalue weighted by Crippen LogP contribution is 2.28. The molecule has 122 valence electrons. The molecule has 0 saturated carbocycles. The number of methoxy groups -OCH3 is 1. The fraction of sp³-hybridized carbons (Fsp3) is 0.105. The second-order valence-corrected chi connectivity index (χ2v) is 6.75. The van der Waals surface area contributed by atoms with Gasteiger partial charge in [-0.05, 0) is 29.3 Å². The maximum atomic E-state index is 12.8. The maximum absolute atomic E-state index is 12.8. The van der Waals surface area contributed by atoms with Crippen molar-refractivity contribution in [3.8, 4) is 17.0 Å². The van der Waals surface area contributed by atoms with Crippen LogP contribution in [0.3, 0.4) is 0 Å². The van der Waals surface area contributed by atoms with Gasteiger partial charge in [-0.3, -0.25) is 4.21 Å². The van der Waals surface area contributed by atoms with Crippen molar-refractivity contribution in [1.29, 1.82) is 0 Å². The standard InChI is InChI=1S/C19H18N2O2S/c1-23-19-18(24(22)13-14-6-3-2-4-7-14)11-16(12-21-19)15-8-5-9-17(20)10-15/h2-12H,13,20H2,1H3. The Morgan fingerprint density at radius 2 is 1.83 bits per heavy atom. The SMILES string of the molecule is COc1ncc(-c2cccc(N)c2)cc1S(=O)Cc1ccccc1. The molecule has 2 aromatic carbocycles. The first-order chi connectivity index (χ1) is 11.7. The van der Waals surface area contributed by atoms with Crippen molar-refractivity contribution in [1.82, 2.24) is 4.98 Å². The van der Waals surface area contributed by atoms with Gasteiger partial charge in [0.25, 0.3) is 0 Å². The Hall–Kier alpha value is -2.66. The molecule has 2 N–H and O–H groups in total. The van der Waals surface area contributed by atoms with Gasteiger partial charge in [0.15, 0.2) is 0 Å². The Labute approximate surface area is 143 Å². The molecule has 1 unspecified atom stereocenters. The van der Waals surface area contributed by atoms with Crippen LogP contribution in [0.4, 0.5) is 5.69 Å². The monoisotopic (exact) mass is 338 g/mol. The fourth-order valence-electron chi connectivity index (χ4n) is 2.43. The fourth-order valence-corrected chi connectivity index (χ4v) is 3.67. The van der Waals surface area contributed by atoms with Crippen molar-refractivity contribution in [2.24, 2.45) is 0 Å². The van der Waals surface area contributed by atoms with Gasteiger partial charge in [-0.1, -0.05) is 42.5 Å². The Morgan fingerprint density at radius 1 is 1.04 bits per heavy atom. The van der Waals surface area contributed by atoms with E-state index in [1.54, 1.807) is 6.20 Å². The maximum Gasteiger partial charge on any atom is 0.229 e. The molecule has 0 spiro atoms. The number of hydrogen-bond acceptors (Lipinski definition) is 4. The normalized spacial score (nSPS) is 11.9. The lowest BCUT2D eigenvalue weighted by atomic mass is 10.1. The molecule has 3 aromatic rings. The number of aromatic nitrogens is 1. The Balaban J connectivity index is 1.96. The van der Waals surface area contributed by atoms with Gasteiger partial charge < -0.3 is 10.5 Å². The molecular formula is C19H18N2O2S. The van der Waals surface area contributed by atoms with E-state index in [2.05, 4.69) is 4.98 Å². The third-order valence-electron chi connectivity index (χ3n) is 3.62. The number of pyridine rings is 1. The Bertz CT molecular complexity index is 866. The molecule has 1 aromatic heterocycles. The molecule has 5 heteroatoms. The average Bonchev–Trinajstić information content (AvgIpc) is 2.62. The van der Waals surface area contributed by atoms with Crippen molar-refractivity contribution < 1.29 is 8.95 Å². The van der Waals surface area contributed by atoms with Crippen LogP contribution in [0.25, 0.3) is 11.1 Å². The van der Waals surface area contributed by atoms with E-state index in [1.807, 2.05) is 60.7 Å². The Kier molecular flexibility index (Phi) is 4.91. The minimum absolute atomic E-state index is 0.386. The van der Waals surface area contributed by atoms with Crippen molar-refractivity contribution in [3.05, 3.63) is 72.4 Å². The van der Waals surface area contributed by atoms with Gasteiger partial charge in [0.2, 0.25) is 5.88 Å². The number of ether oxygens (including phenoxy) is 1. The molecule has 3 rings (SSSR count). The van der Waals surface area contributed by atoms with E-state index < -0.39 is 10.8 Å². The van der Waals surface area contributed by atoms with Crippen molar-refractivity contribution in [2.45, 2.75) is 10.6 Å². The van der Waals surface area contributed by atoms with Crippen molar-refractivity contribution in [2.75, 3.05) is 12.8 Å². The van der Waals surface area contributed by atoms with Gasteiger partial charge >= 0.3 is 0 Å². The van der Waals surface area contributed by atoms with E-state index >= 15 is 0 Å². The molecule has 4 nitrogen and oxygen atoms in total. The topological polar surface area (TPSA) is 65.2 Å². The molecule has 24 heavy (non-hydrogen) atoms. The lowest BCUT2D eigenvalue weighted by Crippen LogP contribution is -2.02. The lowest BCUT2D eigenvalue weighted by Gasteiger charge is -2.10. The van der Waals surface area contributed by atoms with Crippen LogP contribution >= 0.6 is 0 Å². The van der Waals surface area contributed by atoms with E-state index in [1.165, 1.54) is 7.11 Å². The third-order valence-corrected chi connectivity index (χ3v) is 5.00. The number of nitrogens with two attached hydrogens (primary N) is 1. The van der Waals surface area contributed by atoms with Crippen LogP contribution < -0.4 is 10.5 Å². The highest BCUT2D eigenvalue weighted by molar-refractivity contribution is 7.84. The zero-order valence-corrected chi connectivity index (χ0v) is 14.1. The van der Waals surface area contributed by atoms with Crippen LogP contribution in [0, 0.1) is 0 Å². The van der Waals surface area contributed by atoms with Gasteiger partial charge in [0.1, 0.15) is 4.90 Å². The summed E-state index contributed by atoms with van der Waals surface area (Å²) in [5.74, 6) is 0.802. The predicted octanol–water partition coefficient (Wildman–Crippen LogP) is 3.65. The molecule has 1 atom stereocenters. The highest BCUT2D eigenvalue weighted by atomic mass is 32.2. The highest BCUT2D eigenvalue weighted by Gasteiger charge is 2.14. The zero-order chi connectivity index (χ0) is 16.9. The molecule has 0 saturated heterocycles. The quantitative estimate of drug-likeness (QED) is 0.721. The summed E-state index contributed by atoms with van der Waals surface area (Å²) < 4.78 is 18.1. The van der Waals surface area contributed by atoms with Gasteiger partial charge in [-0.25, -0.2) is 4.98 Å². The van der Waals surface area contributed by atoms with Gasteiger partial charge in [-0.15, -0.1) is 0 Å². The number of nitrogens with zero attached hydrogens (tertiary/aromatic N) is 1. The van der Waals surface area contributed by atoms with E-state index in [-0.39, 0.29) is 0 Å².